The minimum Gasteiger partial charge on any atom is -0.355 e. The normalized spacial score (nSPS) is 31.3. The van der Waals surface area contributed by atoms with Crippen molar-refractivity contribution in [2.75, 3.05) is 73.5 Å². The van der Waals surface area contributed by atoms with Gasteiger partial charge >= 0.3 is 0 Å². The number of nitrogens with zero attached hydrogens (tertiary/aromatic N) is 5. The molecule has 1 N–H and O–H groups in total. The van der Waals surface area contributed by atoms with E-state index in [1.54, 1.807) is 0 Å². The van der Waals surface area contributed by atoms with Crippen molar-refractivity contribution >= 4 is 5.96 Å². The van der Waals surface area contributed by atoms with Crippen molar-refractivity contribution in [2.24, 2.45) is 4.99 Å². The Balaban J connectivity index is 1.48. The van der Waals surface area contributed by atoms with Gasteiger partial charge in [0.25, 0.3) is 0 Å². The molecule has 0 radical (unpaired) electrons. The Labute approximate surface area is 140 Å². The fourth-order valence-corrected chi connectivity index (χ4v) is 3.89. The van der Waals surface area contributed by atoms with Crippen molar-refractivity contribution in [2.45, 2.75) is 18.5 Å². The van der Waals surface area contributed by atoms with Crippen LogP contribution in [0.25, 0.3) is 0 Å². The van der Waals surface area contributed by atoms with E-state index in [0.29, 0.717) is 12.1 Å². The molecule has 2 atom stereocenters. The first-order valence-electron chi connectivity index (χ1n) is 8.91. The molecule has 6 heteroatoms. The first-order valence-corrected chi connectivity index (χ1v) is 8.91. The molecule has 2 fully saturated rings. The van der Waals surface area contributed by atoms with E-state index in [0.717, 1.165) is 51.8 Å². The highest BCUT2D eigenvalue weighted by Gasteiger charge is 2.30. The highest BCUT2D eigenvalue weighted by atomic mass is 15.4. The van der Waals surface area contributed by atoms with Crippen molar-refractivity contribution in [1.29, 1.82) is 0 Å². The molecule has 2 saturated heterocycles. The zero-order valence-electron chi connectivity index (χ0n) is 14.9. The van der Waals surface area contributed by atoms with Gasteiger partial charge in [0.05, 0.1) is 0 Å². The minimum absolute atomic E-state index is 0.562. The maximum atomic E-state index is 4.52. The van der Waals surface area contributed by atoms with Crippen LogP contribution in [0.15, 0.2) is 17.1 Å². The van der Waals surface area contributed by atoms with Crippen molar-refractivity contribution in [3.63, 3.8) is 0 Å². The highest BCUT2D eigenvalue weighted by molar-refractivity contribution is 5.80. The van der Waals surface area contributed by atoms with Gasteiger partial charge in [0, 0.05) is 71.5 Å². The lowest BCUT2D eigenvalue weighted by Crippen LogP contribution is -2.55. The molecule has 3 rings (SSSR count). The summed E-state index contributed by atoms with van der Waals surface area (Å²) in [5, 5.41) is 3.62. The topological polar surface area (TPSA) is 37.4 Å². The third-order valence-electron chi connectivity index (χ3n) is 5.51. The molecule has 3 aliphatic heterocycles. The van der Waals surface area contributed by atoms with E-state index in [4.69, 9.17) is 0 Å². The average Bonchev–Trinajstić information content (AvgIpc) is 3.22. The van der Waals surface area contributed by atoms with Crippen molar-refractivity contribution < 1.29 is 0 Å². The third kappa shape index (κ3) is 4.05. The molecular weight excluding hydrogens is 288 g/mol. The second-order valence-electron chi connectivity index (χ2n) is 7.14. The number of hydrogen-bond acceptors (Lipinski definition) is 4. The minimum atomic E-state index is 0.562. The van der Waals surface area contributed by atoms with E-state index < -0.39 is 0 Å². The highest BCUT2D eigenvalue weighted by Crippen LogP contribution is 2.18. The molecule has 0 aliphatic carbocycles. The molecule has 3 aliphatic rings. The van der Waals surface area contributed by atoms with Gasteiger partial charge in [-0.15, -0.1) is 0 Å². The fourth-order valence-electron chi connectivity index (χ4n) is 3.89. The van der Waals surface area contributed by atoms with E-state index >= 15 is 0 Å². The Hall–Kier alpha value is -1.11. The number of nitrogens with one attached hydrogen (secondary N) is 1. The van der Waals surface area contributed by atoms with E-state index in [-0.39, 0.29) is 0 Å². The zero-order chi connectivity index (χ0) is 16.2. The van der Waals surface area contributed by atoms with Gasteiger partial charge in [0.15, 0.2) is 5.96 Å². The summed E-state index contributed by atoms with van der Waals surface area (Å²) in [6, 6.07) is 1.23. The van der Waals surface area contributed by atoms with Crippen LogP contribution >= 0.6 is 0 Å². The molecule has 0 aromatic rings. The number of likely N-dealkylation sites (tertiary alicyclic amines) is 1. The smallest absolute Gasteiger partial charge is 0.193 e. The van der Waals surface area contributed by atoms with Crippen LogP contribution in [-0.4, -0.2) is 111 Å². The lowest BCUT2D eigenvalue weighted by Gasteiger charge is -2.38. The number of aliphatic imine (C=N–C) groups is 1. The summed E-state index contributed by atoms with van der Waals surface area (Å²) in [4.78, 5) is 14.4. The van der Waals surface area contributed by atoms with Crippen molar-refractivity contribution in [3.8, 4) is 0 Å². The van der Waals surface area contributed by atoms with Crippen molar-refractivity contribution in [1.82, 2.24) is 24.9 Å². The van der Waals surface area contributed by atoms with Gasteiger partial charge in [-0.1, -0.05) is 12.2 Å². The number of likely N-dealkylation sites (N-methyl/N-ethyl adjacent to an activating group) is 2. The lowest BCUT2D eigenvalue weighted by molar-refractivity contribution is 0.116. The van der Waals surface area contributed by atoms with Crippen LogP contribution in [0.1, 0.15) is 6.42 Å². The molecule has 0 aromatic heterocycles. The quantitative estimate of drug-likeness (QED) is 0.441. The van der Waals surface area contributed by atoms with Gasteiger partial charge in [-0.2, -0.15) is 0 Å². The number of piperazine rings is 1. The molecular formula is C17H32N6. The van der Waals surface area contributed by atoms with Crippen molar-refractivity contribution in [3.05, 3.63) is 12.2 Å². The van der Waals surface area contributed by atoms with E-state index in [9.17, 15) is 0 Å². The molecule has 0 aromatic carbocycles. The molecule has 130 valence electrons. The molecule has 2 unspecified atom stereocenters. The predicted molar refractivity (Wildman–Crippen MR) is 96.0 cm³/mol. The molecule has 6 nitrogen and oxygen atoms in total. The fraction of sp³-hybridized carbons (Fsp3) is 0.824. The standard InChI is InChI=1S/C17H32N6/c1-18-17(19-12-16-13-20(2)10-11-21(16)3)23-9-6-15(14-23)22-7-4-5-8-22/h4-5,15-16H,6-14H2,1-3H3,(H,18,19). The van der Waals surface area contributed by atoms with Crippen LogP contribution in [0.3, 0.4) is 0 Å². The summed E-state index contributed by atoms with van der Waals surface area (Å²) < 4.78 is 0. The maximum Gasteiger partial charge on any atom is 0.193 e. The SMILES string of the molecule is CN=C(NCC1CN(C)CCN1C)N1CCC(N2CC=CC2)C1. The lowest BCUT2D eigenvalue weighted by atomic mass is 10.2. The van der Waals surface area contributed by atoms with Gasteiger partial charge in [-0.25, -0.2) is 0 Å². The molecule has 0 saturated carbocycles. The summed E-state index contributed by atoms with van der Waals surface area (Å²) in [6.07, 6.45) is 5.81. The van der Waals surface area contributed by atoms with Gasteiger partial charge in [-0.3, -0.25) is 14.8 Å². The molecule has 23 heavy (non-hydrogen) atoms. The Morgan fingerprint density at radius 1 is 1.13 bits per heavy atom. The predicted octanol–water partition coefficient (Wildman–Crippen LogP) is -0.246. The van der Waals surface area contributed by atoms with Crippen LogP contribution in [0.2, 0.25) is 0 Å². The third-order valence-corrected chi connectivity index (χ3v) is 5.51. The summed E-state index contributed by atoms with van der Waals surface area (Å²) >= 11 is 0. The number of guanidine groups is 1. The summed E-state index contributed by atoms with van der Waals surface area (Å²) in [5.41, 5.74) is 0. The van der Waals surface area contributed by atoms with Crippen LogP contribution in [0.5, 0.6) is 0 Å². The molecule has 3 heterocycles. The number of hydrogen-bond donors (Lipinski definition) is 1. The Kier molecular flexibility index (Phi) is 5.56. The van der Waals surface area contributed by atoms with Gasteiger partial charge < -0.3 is 15.1 Å². The van der Waals surface area contributed by atoms with E-state index in [1.807, 2.05) is 7.05 Å². The van der Waals surface area contributed by atoms with Gasteiger partial charge in [0.1, 0.15) is 0 Å². The van der Waals surface area contributed by atoms with Crippen LogP contribution in [-0.2, 0) is 0 Å². The van der Waals surface area contributed by atoms with E-state index in [2.05, 4.69) is 56.2 Å². The largest absolute Gasteiger partial charge is 0.355 e. The first kappa shape index (κ1) is 16.7. The second kappa shape index (κ2) is 7.64. The van der Waals surface area contributed by atoms with Gasteiger partial charge in [-0.05, 0) is 20.5 Å². The van der Waals surface area contributed by atoms with E-state index in [1.165, 1.54) is 13.0 Å². The first-order chi connectivity index (χ1) is 11.2. The molecule has 0 amide bonds. The second-order valence-corrected chi connectivity index (χ2v) is 7.14. The summed E-state index contributed by atoms with van der Waals surface area (Å²) in [5.74, 6) is 1.07. The van der Waals surface area contributed by atoms with Crippen LogP contribution in [0.4, 0.5) is 0 Å². The average molecular weight is 320 g/mol. The summed E-state index contributed by atoms with van der Waals surface area (Å²) in [6.45, 7) is 8.85. The Morgan fingerprint density at radius 3 is 2.65 bits per heavy atom. The Bertz CT molecular complexity index is 440. The number of rotatable bonds is 3. The maximum absolute atomic E-state index is 4.52. The molecule has 0 bridgehead atoms. The summed E-state index contributed by atoms with van der Waals surface area (Å²) in [7, 11) is 6.35. The zero-order valence-corrected chi connectivity index (χ0v) is 14.9. The monoisotopic (exact) mass is 320 g/mol. The Morgan fingerprint density at radius 2 is 1.91 bits per heavy atom. The van der Waals surface area contributed by atoms with Gasteiger partial charge in [0.2, 0.25) is 0 Å². The van der Waals surface area contributed by atoms with Crippen LogP contribution < -0.4 is 5.32 Å². The molecule has 0 spiro atoms. The van der Waals surface area contributed by atoms with Crippen LogP contribution in [0, 0.1) is 0 Å².